The predicted molar refractivity (Wildman–Crippen MR) is 83.6 cm³/mol. The van der Waals surface area contributed by atoms with Crippen molar-refractivity contribution in [1.29, 1.82) is 0 Å². The van der Waals surface area contributed by atoms with Crippen molar-refractivity contribution in [3.8, 4) is 23.0 Å². The summed E-state index contributed by atoms with van der Waals surface area (Å²) in [4.78, 5) is 0. The summed E-state index contributed by atoms with van der Waals surface area (Å²) >= 11 is 0. The Bertz CT molecular complexity index is 751. The monoisotopic (exact) mass is 280 g/mol. The van der Waals surface area contributed by atoms with Gasteiger partial charge in [-0.1, -0.05) is 30.3 Å². The van der Waals surface area contributed by atoms with Crippen molar-refractivity contribution in [2.24, 2.45) is 0 Å². The molecule has 0 aromatic heterocycles. The second-order valence-corrected chi connectivity index (χ2v) is 4.60. The van der Waals surface area contributed by atoms with Gasteiger partial charge in [-0.15, -0.1) is 0 Å². The molecule has 0 fully saturated rings. The first-order chi connectivity index (χ1) is 10.3. The largest absolute Gasteiger partial charge is 0.493 e. The topological polar surface area (TPSA) is 27.7 Å². The molecule has 0 saturated carbocycles. The van der Waals surface area contributed by atoms with Crippen LogP contribution >= 0.6 is 0 Å². The third-order valence-electron chi connectivity index (χ3n) is 3.32. The first kappa shape index (κ1) is 13.3. The second-order valence-electron chi connectivity index (χ2n) is 4.60. The minimum Gasteiger partial charge on any atom is -0.493 e. The number of fused-ring (bicyclic) bond motifs is 1. The fraction of sp³-hybridized carbons (Fsp3) is 0.111. The Labute approximate surface area is 123 Å². The highest BCUT2D eigenvalue weighted by Crippen LogP contribution is 2.37. The highest BCUT2D eigenvalue weighted by atomic mass is 16.5. The molecule has 0 spiro atoms. The number of ether oxygens (including phenoxy) is 3. The van der Waals surface area contributed by atoms with Gasteiger partial charge in [-0.2, -0.15) is 0 Å². The molecule has 0 aliphatic carbocycles. The van der Waals surface area contributed by atoms with E-state index in [0.29, 0.717) is 11.5 Å². The maximum atomic E-state index is 5.97. The van der Waals surface area contributed by atoms with E-state index >= 15 is 0 Å². The number of hydrogen-bond acceptors (Lipinski definition) is 3. The molecule has 3 rings (SSSR count). The molecule has 3 aromatic rings. The first-order valence-corrected chi connectivity index (χ1v) is 6.69. The highest BCUT2D eigenvalue weighted by Gasteiger charge is 2.10. The molecule has 0 aliphatic rings. The summed E-state index contributed by atoms with van der Waals surface area (Å²) < 4.78 is 16.7. The smallest absolute Gasteiger partial charge is 0.161 e. The second kappa shape index (κ2) is 5.75. The lowest BCUT2D eigenvalue weighted by Crippen LogP contribution is -1.92. The van der Waals surface area contributed by atoms with Gasteiger partial charge in [-0.05, 0) is 35.7 Å². The van der Waals surface area contributed by atoms with Gasteiger partial charge in [0.2, 0.25) is 0 Å². The van der Waals surface area contributed by atoms with Crippen LogP contribution in [-0.4, -0.2) is 14.2 Å². The summed E-state index contributed by atoms with van der Waals surface area (Å²) in [5.41, 5.74) is 0. The quantitative estimate of drug-likeness (QED) is 0.696. The summed E-state index contributed by atoms with van der Waals surface area (Å²) in [6, 6.07) is 19.5. The number of hydrogen-bond donors (Lipinski definition) is 0. The van der Waals surface area contributed by atoms with Gasteiger partial charge in [0.05, 0.1) is 14.2 Å². The fourth-order valence-corrected chi connectivity index (χ4v) is 2.28. The molecule has 0 saturated heterocycles. The van der Waals surface area contributed by atoms with E-state index in [0.717, 1.165) is 22.3 Å². The van der Waals surface area contributed by atoms with Crippen LogP contribution in [0.1, 0.15) is 0 Å². The summed E-state index contributed by atoms with van der Waals surface area (Å²) in [5.74, 6) is 3.00. The van der Waals surface area contributed by atoms with Crippen molar-refractivity contribution in [1.82, 2.24) is 0 Å². The van der Waals surface area contributed by atoms with E-state index in [1.54, 1.807) is 14.2 Å². The third kappa shape index (κ3) is 2.63. The molecule has 0 heterocycles. The molecule has 106 valence electrons. The molecule has 0 unspecified atom stereocenters. The minimum atomic E-state index is 0.689. The Morgan fingerprint density at radius 3 is 2.10 bits per heavy atom. The molecule has 0 amide bonds. The Hall–Kier alpha value is -2.68. The van der Waals surface area contributed by atoms with Crippen LogP contribution in [0.5, 0.6) is 23.0 Å². The lowest BCUT2D eigenvalue weighted by molar-refractivity contribution is 0.355. The molecule has 3 aromatic carbocycles. The van der Waals surface area contributed by atoms with Crippen LogP contribution in [0.3, 0.4) is 0 Å². The molecule has 3 heteroatoms. The SMILES string of the molecule is COc1cc2cccc(Oc3ccccc3)c2cc1OC. The van der Waals surface area contributed by atoms with Crippen LogP contribution in [0.25, 0.3) is 10.8 Å². The molecular weight excluding hydrogens is 264 g/mol. The summed E-state index contributed by atoms with van der Waals surface area (Å²) in [6.07, 6.45) is 0. The lowest BCUT2D eigenvalue weighted by atomic mass is 10.1. The average Bonchev–Trinajstić information content (AvgIpc) is 2.55. The van der Waals surface area contributed by atoms with Crippen LogP contribution in [-0.2, 0) is 0 Å². The zero-order chi connectivity index (χ0) is 14.7. The van der Waals surface area contributed by atoms with Crippen molar-refractivity contribution in [3.63, 3.8) is 0 Å². The van der Waals surface area contributed by atoms with E-state index in [-0.39, 0.29) is 0 Å². The first-order valence-electron chi connectivity index (χ1n) is 6.69. The van der Waals surface area contributed by atoms with E-state index in [2.05, 4.69) is 0 Å². The van der Waals surface area contributed by atoms with E-state index in [1.807, 2.05) is 60.7 Å². The van der Waals surface area contributed by atoms with E-state index in [4.69, 9.17) is 14.2 Å². The van der Waals surface area contributed by atoms with Crippen LogP contribution in [0, 0.1) is 0 Å². The van der Waals surface area contributed by atoms with Crippen molar-refractivity contribution >= 4 is 10.8 Å². The van der Waals surface area contributed by atoms with Crippen molar-refractivity contribution < 1.29 is 14.2 Å². The van der Waals surface area contributed by atoms with E-state index in [9.17, 15) is 0 Å². The average molecular weight is 280 g/mol. The van der Waals surface area contributed by atoms with Gasteiger partial charge in [-0.25, -0.2) is 0 Å². The van der Waals surface area contributed by atoms with Crippen molar-refractivity contribution in [3.05, 3.63) is 60.7 Å². The van der Waals surface area contributed by atoms with Gasteiger partial charge in [0.25, 0.3) is 0 Å². The molecular formula is C18H16O3. The highest BCUT2D eigenvalue weighted by molar-refractivity contribution is 5.91. The summed E-state index contributed by atoms with van der Waals surface area (Å²) in [6.45, 7) is 0. The Morgan fingerprint density at radius 1 is 0.667 bits per heavy atom. The molecule has 21 heavy (non-hydrogen) atoms. The van der Waals surface area contributed by atoms with Gasteiger partial charge < -0.3 is 14.2 Å². The molecule has 0 aliphatic heterocycles. The lowest BCUT2D eigenvalue weighted by Gasteiger charge is -2.12. The Morgan fingerprint density at radius 2 is 1.38 bits per heavy atom. The van der Waals surface area contributed by atoms with Gasteiger partial charge in [-0.3, -0.25) is 0 Å². The summed E-state index contributed by atoms with van der Waals surface area (Å²) in [5, 5.41) is 2.03. The molecule has 0 atom stereocenters. The standard InChI is InChI=1S/C18H16O3/c1-19-17-11-13-7-6-10-16(15(13)12-18(17)20-2)21-14-8-4-3-5-9-14/h3-12H,1-2H3. The molecule has 3 nitrogen and oxygen atoms in total. The van der Waals surface area contributed by atoms with Gasteiger partial charge >= 0.3 is 0 Å². The van der Waals surface area contributed by atoms with Crippen LogP contribution in [0.4, 0.5) is 0 Å². The molecule has 0 N–H and O–H groups in total. The summed E-state index contributed by atoms with van der Waals surface area (Å²) in [7, 11) is 3.26. The van der Waals surface area contributed by atoms with Gasteiger partial charge in [0, 0.05) is 5.39 Å². The third-order valence-corrected chi connectivity index (χ3v) is 3.32. The molecule has 0 radical (unpaired) electrons. The molecule has 0 bridgehead atoms. The Kier molecular flexibility index (Phi) is 3.65. The number of methoxy groups -OCH3 is 2. The normalized spacial score (nSPS) is 10.4. The van der Waals surface area contributed by atoms with Crippen LogP contribution in [0.2, 0.25) is 0 Å². The number of benzene rings is 3. The predicted octanol–water partition coefficient (Wildman–Crippen LogP) is 4.65. The minimum absolute atomic E-state index is 0.689. The van der Waals surface area contributed by atoms with E-state index in [1.165, 1.54) is 0 Å². The van der Waals surface area contributed by atoms with Crippen molar-refractivity contribution in [2.75, 3.05) is 14.2 Å². The van der Waals surface area contributed by atoms with Crippen LogP contribution < -0.4 is 14.2 Å². The maximum absolute atomic E-state index is 5.97. The fourth-order valence-electron chi connectivity index (χ4n) is 2.28. The number of rotatable bonds is 4. The van der Waals surface area contributed by atoms with Crippen molar-refractivity contribution in [2.45, 2.75) is 0 Å². The van der Waals surface area contributed by atoms with Crippen LogP contribution in [0.15, 0.2) is 60.7 Å². The van der Waals surface area contributed by atoms with E-state index < -0.39 is 0 Å². The number of para-hydroxylation sites is 1. The van der Waals surface area contributed by atoms with Gasteiger partial charge in [0.1, 0.15) is 11.5 Å². The van der Waals surface area contributed by atoms with Gasteiger partial charge in [0.15, 0.2) is 11.5 Å². The zero-order valence-electron chi connectivity index (χ0n) is 12.0. The Balaban J connectivity index is 2.10. The zero-order valence-corrected chi connectivity index (χ0v) is 12.0. The maximum Gasteiger partial charge on any atom is 0.161 e.